The molecular formula is C22H24IN3. The molecule has 2 aliphatic heterocycles. The van der Waals surface area contributed by atoms with Crippen molar-refractivity contribution in [3.63, 3.8) is 0 Å². The second-order valence-electron chi connectivity index (χ2n) is 7.21. The summed E-state index contributed by atoms with van der Waals surface area (Å²) in [4.78, 5) is 6.90. The van der Waals surface area contributed by atoms with Gasteiger partial charge in [-0.15, -0.1) is 0 Å². The van der Waals surface area contributed by atoms with Crippen LogP contribution in [0.15, 0.2) is 53.7 Å². The summed E-state index contributed by atoms with van der Waals surface area (Å²) in [5.74, 6) is 0.709. The molecule has 2 aliphatic rings. The van der Waals surface area contributed by atoms with Gasteiger partial charge in [0.05, 0.1) is 6.54 Å². The highest BCUT2D eigenvalue weighted by Gasteiger charge is 2.18. The lowest BCUT2D eigenvalue weighted by molar-refractivity contribution is 0.255. The molecule has 0 amide bonds. The average molecular weight is 457 g/mol. The number of halogens is 1. The summed E-state index contributed by atoms with van der Waals surface area (Å²) in [6.07, 6.45) is 6.61. The second-order valence-corrected chi connectivity index (χ2v) is 8.46. The van der Waals surface area contributed by atoms with Crippen molar-refractivity contribution < 1.29 is 0 Å². The van der Waals surface area contributed by atoms with Crippen LogP contribution in [0.3, 0.4) is 0 Å². The molecule has 3 nitrogen and oxygen atoms in total. The topological polar surface area (TPSA) is 27.6 Å². The lowest BCUT2D eigenvalue weighted by Gasteiger charge is -2.29. The molecule has 0 bridgehead atoms. The number of aliphatic imine (C=N–C) groups is 1. The maximum Gasteiger partial charge on any atom is 0.0660 e. The van der Waals surface area contributed by atoms with Crippen LogP contribution in [0, 0.1) is 3.57 Å². The summed E-state index contributed by atoms with van der Waals surface area (Å²) in [5, 5.41) is 3.47. The molecule has 1 fully saturated rings. The van der Waals surface area contributed by atoms with E-state index < -0.39 is 0 Å². The number of benzene rings is 2. The number of fused-ring (bicyclic) bond motifs is 1. The molecule has 1 N–H and O–H groups in total. The highest BCUT2D eigenvalue weighted by atomic mass is 127. The standard InChI is InChI=1S/C22H24IN3/c1-26-10-8-17(9-11-26)16-3-6-21(7-4-16)25-15-19-14-24-13-18-2-5-20(23)12-22(18)19/h2-7,12-13,15,17,25H,8-11,14H2,1H3. The summed E-state index contributed by atoms with van der Waals surface area (Å²) < 4.78 is 1.25. The molecule has 0 atom stereocenters. The van der Waals surface area contributed by atoms with Crippen molar-refractivity contribution in [2.45, 2.75) is 18.8 Å². The third-order valence-electron chi connectivity index (χ3n) is 5.37. The van der Waals surface area contributed by atoms with E-state index in [1.807, 2.05) is 6.21 Å². The molecule has 0 spiro atoms. The predicted octanol–water partition coefficient (Wildman–Crippen LogP) is 4.99. The first-order chi connectivity index (χ1) is 12.7. The lowest BCUT2D eigenvalue weighted by Crippen LogP contribution is -2.29. The van der Waals surface area contributed by atoms with Gasteiger partial charge in [-0.25, -0.2) is 0 Å². The highest BCUT2D eigenvalue weighted by molar-refractivity contribution is 14.1. The Morgan fingerprint density at radius 3 is 2.65 bits per heavy atom. The van der Waals surface area contributed by atoms with Crippen LogP contribution in [0.2, 0.25) is 0 Å². The fraction of sp³-hybridized carbons (Fsp3) is 0.318. The van der Waals surface area contributed by atoms with Crippen LogP contribution in [0.25, 0.3) is 5.57 Å². The molecule has 1 saturated heterocycles. The van der Waals surface area contributed by atoms with Crippen LogP contribution in [0.4, 0.5) is 5.69 Å². The molecule has 0 unspecified atom stereocenters. The predicted molar refractivity (Wildman–Crippen MR) is 119 cm³/mol. The molecule has 0 radical (unpaired) electrons. The zero-order chi connectivity index (χ0) is 17.9. The number of likely N-dealkylation sites (tertiary alicyclic amines) is 1. The first kappa shape index (κ1) is 17.7. The van der Waals surface area contributed by atoms with Gasteiger partial charge in [0.2, 0.25) is 0 Å². The van der Waals surface area contributed by atoms with Gasteiger partial charge in [-0.1, -0.05) is 18.2 Å². The summed E-state index contributed by atoms with van der Waals surface area (Å²) in [6.45, 7) is 3.14. The number of nitrogens with one attached hydrogen (secondary N) is 1. The van der Waals surface area contributed by atoms with Crippen LogP contribution in [-0.4, -0.2) is 37.8 Å². The Kier molecular flexibility index (Phi) is 5.41. The van der Waals surface area contributed by atoms with Crippen LogP contribution in [-0.2, 0) is 0 Å². The van der Waals surface area contributed by atoms with Crippen molar-refractivity contribution in [1.82, 2.24) is 4.90 Å². The Bertz CT molecular complexity index is 831. The molecule has 2 aromatic rings. The molecule has 0 aromatic heterocycles. The van der Waals surface area contributed by atoms with E-state index in [-0.39, 0.29) is 0 Å². The van der Waals surface area contributed by atoms with E-state index >= 15 is 0 Å². The van der Waals surface area contributed by atoms with E-state index in [4.69, 9.17) is 0 Å². The second kappa shape index (κ2) is 7.92. The Morgan fingerprint density at radius 2 is 1.88 bits per heavy atom. The minimum absolute atomic E-state index is 0.709. The maximum absolute atomic E-state index is 4.48. The Balaban J connectivity index is 1.46. The van der Waals surface area contributed by atoms with Crippen LogP contribution in [0.1, 0.15) is 35.4 Å². The Labute approximate surface area is 169 Å². The molecule has 4 heteroatoms. The quantitative estimate of drug-likeness (QED) is 0.659. The fourth-order valence-corrected chi connectivity index (χ4v) is 4.23. The lowest BCUT2D eigenvalue weighted by atomic mass is 9.89. The van der Waals surface area contributed by atoms with Crippen molar-refractivity contribution in [3.8, 4) is 0 Å². The van der Waals surface area contributed by atoms with E-state index in [1.165, 1.54) is 51.8 Å². The minimum Gasteiger partial charge on any atom is -0.361 e. The molecule has 0 saturated carbocycles. The van der Waals surface area contributed by atoms with E-state index in [2.05, 4.69) is 93.5 Å². The van der Waals surface area contributed by atoms with Gasteiger partial charge in [0.1, 0.15) is 0 Å². The zero-order valence-corrected chi connectivity index (χ0v) is 17.2. The van der Waals surface area contributed by atoms with Gasteiger partial charge in [-0.3, -0.25) is 4.99 Å². The number of hydrogen-bond acceptors (Lipinski definition) is 3. The van der Waals surface area contributed by atoms with Crippen molar-refractivity contribution in [3.05, 3.63) is 68.9 Å². The number of anilines is 1. The number of nitrogens with zero attached hydrogens (tertiary/aromatic N) is 2. The van der Waals surface area contributed by atoms with E-state index in [0.717, 1.165) is 12.2 Å². The summed E-state index contributed by atoms with van der Waals surface area (Å²) >= 11 is 2.37. The third kappa shape index (κ3) is 4.01. The van der Waals surface area contributed by atoms with E-state index in [9.17, 15) is 0 Å². The summed E-state index contributed by atoms with van der Waals surface area (Å²) in [5.41, 5.74) is 6.32. The number of hydrogen-bond donors (Lipinski definition) is 1. The Hall–Kier alpha value is -1.66. The largest absolute Gasteiger partial charge is 0.361 e. The van der Waals surface area contributed by atoms with E-state index in [1.54, 1.807) is 0 Å². The third-order valence-corrected chi connectivity index (χ3v) is 6.04. The average Bonchev–Trinajstić information content (AvgIpc) is 2.67. The van der Waals surface area contributed by atoms with Crippen molar-refractivity contribution in [2.75, 3.05) is 32.0 Å². The molecule has 4 rings (SSSR count). The SMILES string of the molecule is CN1CCC(c2ccc(NC=C3CN=Cc4ccc(I)cc43)cc2)CC1. The number of piperidine rings is 1. The smallest absolute Gasteiger partial charge is 0.0660 e. The van der Waals surface area contributed by atoms with Gasteiger partial charge in [0.15, 0.2) is 0 Å². The van der Waals surface area contributed by atoms with Crippen molar-refractivity contribution >= 4 is 40.1 Å². The minimum atomic E-state index is 0.709. The van der Waals surface area contributed by atoms with Gasteiger partial charge in [0.25, 0.3) is 0 Å². The van der Waals surface area contributed by atoms with E-state index in [0.29, 0.717) is 5.92 Å². The molecule has 0 aliphatic carbocycles. The zero-order valence-electron chi connectivity index (χ0n) is 15.1. The van der Waals surface area contributed by atoms with Gasteiger partial charge < -0.3 is 10.2 Å². The van der Waals surface area contributed by atoms with Crippen LogP contribution in [0.5, 0.6) is 0 Å². The first-order valence-corrected chi connectivity index (χ1v) is 10.3. The number of rotatable bonds is 3. The van der Waals surface area contributed by atoms with Gasteiger partial charge in [0, 0.05) is 21.7 Å². The Morgan fingerprint density at radius 1 is 1.12 bits per heavy atom. The van der Waals surface area contributed by atoms with Gasteiger partial charge >= 0.3 is 0 Å². The van der Waals surface area contributed by atoms with Crippen LogP contribution >= 0.6 is 22.6 Å². The van der Waals surface area contributed by atoms with Crippen molar-refractivity contribution in [2.24, 2.45) is 4.99 Å². The molecule has 26 heavy (non-hydrogen) atoms. The molecule has 2 heterocycles. The van der Waals surface area contributed by atoms with Gasteiger partial charge in [-0.2, -0.15) is 0 Å². The maximum atomic E-state index is 4.48. The molecule has 134 valence electrons. The van der Waals surface area contributed by atoms with Crippen LogP contribution < -0.4 is 5.32 Å². The molecular weight excluding hydrogens is 433 g/mol. The molecule has 2 aromatic carbocycles. The monoisotopic (exact) mass is 457 g/mol. The fourth-order valence-electron chi connectivity index (χ4n) is 3.73. The normalized spacial score (nSPS) is 19.5. The highest BCUT2D eigenvalue weighted by Crippen LogP contribution is 2.29. The van der Waals surface area contributed by atoms with Crippen molar-refractivity contribution in [1.29, 1.82) is 0 Å². The summed E-state index contributed by atoms with van der Waals surface area (Å²) in [7, 11) is 2.21. The summed E-state index contributed by atoms with van der Waals surface area (Å²) in [6, 6.07) is 15.5. The first-order valence-electron chi connectivity index (χ1n) is 9.23. The van der Waals surface area contributed by atoms with Gasteiger partial charge in [-0.05, 0) is 108 Å².